The van der Waals surface area contributed by atoms with Gasteiger partial charge < -0.3 is 25.6 Å². The number of ether oxygens (including phenoxy) is 2. The summed E-state index contributed by atoms with van der Waals surface area (Å²) in [5, 5.41) is 12.3. The van der Waals surface area contributed by atoms with Gasteiger partial charge in [0, 0.05) is 21.6 Å². The minimum absolute atomic E-state index is 0. The second kappa shape index (κ2) is 34.6. The molecule has 0 spiro atoms. The fourth-order valence-electron chi connectivity index (χ4n) is 2.73. The first kappa shape index (κ1) is 48.7. The van der Waals surface area contributed by atoms with Gasteiger partial charge in [-0.1, -0.05) is 67.3 Å². The number of halogens is 5. The number of aliphatic imine (C=N–C) groups is 1. The third kappa shape index (κ3) is 30.9. The number of hydrogen-bond acceptors (Lipinski definition) is 8. The Balaban J connectivity index is -0.000000579. The molecule has 0 aromatic heterocycles. The summed E-state index contributed by atoms with van der Waals surface area (Å²) in [6, 6.07) is 17.1. The summed E-state index contributed by atoms with van der Waals surface area (Å²) in [5.41, 5.74) is 22.9. The van der Waals surface area contributed by atoms with Crippen molar-refractivity contribution in [2.45, 2.75) is 12.8 Å². The summed E-state index contributed by atoms with van der Waals surface area (Å²) >= 11 is 6.14. The van der Waals surface area contributed by atoms with Gasteiger partial charge in [-0.3, -0.25) is 14.5 Å². The molecule has 48 heavy (non-hydrogen) atoms. The van der Waals surface area contributed by atoms with E-state index in [0.717, 1.165) is 6.07 Å². The van der Waals surface area contributed by atoms with Gasteiger partial charge in [0.15, 0.2) is 0 Å². The van der Waals surface area contributed by atoms with E-state index < -0.39 is 11.8 Å². The van der Waals surface area contributed by atoms with Gasteiger partial charge >= 0.3 is 41.5 Å². The van der Waals surface area contributed by atoms with Crippen LogP contribution < -0.4 is 29.6 Å². The summed E-state index contributed by atoms with van der Waals surface area (Å²) in [7, 11) is 0. The molecule has 1 N–H and O–H groups in total. The molecule has 3 aromatic rings. The minimum atomic E-state index is -0.473. The fourth-order valence-corrected chi connectivity index (χ4v) is 2.89. The predicted molar refractivity (Wildman–Crippen MR) is 175 cm³/mol. The Labute approximate surface area is 313 Å². The number of alkyl halides is 2. The molecule has 0 heterocycles. The number of carbonyl (C=O) groups excluding carboxylic acids is 3. The first-order valence-electron chi connectivity index (χ1n) is 13.0. The molecule has 0 radical (unpaired) electrons. The number of isocyanates is 1. The first-order chi connectivity index (χ1) is 22.6. The van der Waals surface area contributed by atoms with E-state index in [-0.39, 0.29) is 85.4 Å². The van der Waals surface area contributed by atoms with Crippen molar-refractivity contribution in [1.29, 1.82) is 0 Å². The van der Waals surface area contributed by atoms with E-state index in [1.165, 1.54) is 59.5 Å². The van der Waals surface area contributed by atoms with Crippen molar-refractivity contribution < 1.29 is 71.7 Å². The molecule has 0 unspecified atom stereocenters. The van der Waals surface area contributed by atoms with E-state index in [4.69, 9.17) is 31.2 Å². The van der Waals surface area contributed by atoms with E-state index in [0.29, 0.717) is 28.4 Å². The molecule has 3 aromatic carbocycles. The van der Waals surface area contributed by atoms with Crippen LogP contribution in [0.3, 0.4) is 0 Å². The summed E-state index contributed by atoms with van der Waals surface area (Å²) in [6.45, 7) is 0.720. The molecular formula is C29H29Br2F3N7NaO6. The van der Waals surface area contributed by atoms with Crippen LogP contribution in [0.1, 0.15) is 11.1 Å². The third-order valence-electron chi connectivity index (χ3n) is 4.40. The number of hydrogen-bond donors (Lipinski definition) is 1. The maximum absolute atomic E-state index is 12.8. The van der Waals surface area contributed by atoms with E-state index >= 15 is 0 Å². The number of nitrogens with zero attached hydrogens (tertiary/aromatic N) is 7. The zero-order valence-corrected chi connectivity index (χ0v) is 30.8. The number of benzene rings is 3. The molecule has 0 atom stereocenters. The molecule has 0 fully saturated rings. The molecule has 3 rings (SSSR count). The Kier molecular flexibility index (Phi) is 35.1. The van der Waals surface area contributed by atoms with Gasteiger partial charge in [-0.05, 0) is 53.1 Å². The number of carbonyl (C=O) groups is 2. The summed E-state index contributed by atoms with van der Waals surface area (Å²) in [5.74, 6) is -1.94. The predicted octanol–water partition coefficient (Wildman–Crippen LogP) is 4.56. The van der Waals surface area contributed by atoms with E-state index in [9.17, 15) is 27.6 Å². The van der Waals surface area contributed by atoms with Crippen molar-refractivity contribution in [3.8, 4) is 0 Å². The zero-order chi connectivity index (χ0) is 35.7. The quantitative estimate of drug-likeness (QED) is 0.0337. The number of azide groups is 1. The van der Waals surface area contributed by atoms with Crippen LogP contribution in [0.15, 0.2) is 82.9 Å². The minimum Gasteiger partial charge on any atom is -0.465 e. The molecule has 0 aliphatic heterocycles. The standard InChI is InChI=1S/C10H10BrFO2.C10H10FN3O2.C7H4FNO.C2H5BrO.N3.Na/c11-4-5-14-10(13)7-8-2-1-3-9(12)6-8;11-9-3-1-2-8(6-9)7-10(15)16-5-4-13-14-12;8-6-2-1-3-7(4-6)9-5-10;3-1-2-4;1-3-2;/h1-3,6H,4-5,7H2;1-3,6H,4-5,7H2;1-4H;4H,1-2H2;;/q;;;;-1;+1. The van der Waals surface area contributed by atoms with E-state index in [2.05, 4.69) is 46.9 Å². The molecule has 0 aliphatic rings. The van der Waals surface area contributed by atoms with Gasteiger partial charge in [-0.25, -0.2) is 18.0 Å². The first-order valence-corrected chi connectivity index (χ1v) is 15.2. The second-order valence-electron chi connectivity index (χ2n) is 7.88. The van der Waals surface area contributed by atoms with Gasteiger partial charge in [0.1, 0.15) is 24.1 Å². The van der Waals surface area contributed by atoms with Gasteiger partial charge in [0.05, 0.1) is 38.3 Å². The molecule has 252 valence electrons. The van der Waals surface area contributed by atoms with Gasteiger partial charge in [-0.2, -0.15) is 4.99 Å². The average molecular weight is 811 g/mol. The summed E-state index contributed by atoms with van der Waals surface area (Å²) in [6.07, 6.45) is 1.44. The van der Waals surface area contributed by atoms with Crippen molar-refractivity contribution in [3.05, 3.63) is 128 Å². The van der Waals surface area contributed by atoms with Crippen LogP contribution in [0.25, 0.3) is 26.4 Å². The fraction of sp³-hybridized carbons (Fsp3) is 0.276. The maximum Gasteiger partial charge on any atom is 1.00 e. The number of aliphatic hydroxyl groups excluding tert-OH is 1. The van der Waals surface area contributed by atoms with E-state index in [1.54, 1.807) is 18.2 Å². The van der Waals surface area contributed by atoms with Crippen LogP contribution >= 0.6 is 31.9 Å². The molecule has 0 aliphatic carbocycles. The summed E-state index contributed by atoms with van der Waals surface area (Å²) < 4.78 is 47.4. The number of rotatable bonds is 11. The Morgan fingerprint density at radius 2 is 1.23 bits per heavy atom. The van der Waals surface area contributed by atoms with Crippen LogP contribution in [-0.2, 0) is 36.7 Å². The SMILES string of the molecule is O=C(Cc1cccc(F)c1)OCCBr.O=C=Nc1cccc(F)c1.OCCBr.[N-]=[N+]=NCCOC(=O)Cc1cccc(F)c1.[N-]=[N+]=[N-].[Na+]. The van der Waals surface area contributed by atoms with Crippen LogP contribution in [0.5, 0.6) is 0 Å². The Morgan fingerprint density at radius 3 is 1.60 bits per heavy atom. The zero-order valence-electron chi connectivity index (χ0n) is 25.6. The largest absolute Gasteiger partial charge is 1.00 e. The normalized spacial score (nSPS) is 8.54. The van der Waals surface area contributed by atoms with Gasteiger partial charge in [-0.15, -0.1) is 0 Å². The molecule has 0 bridgehead atoms. The van der Waals surface area contributed by atoms with Crippen molar-refractivity contribution >= 4 is 55.6 Å². The Bertz CT molecular complexity index is 1480. The van der Waals surface area contributed by atoms with E-state index in [1.807, 2.05) is 0 Å². The average Bonchev–Trinajstić information content (AvgIpc) is 3.03. The molecular weight excluding hydrogens is 782 g/mol. The van der Waals surface area contributed by atoms with Gasteiger partial charge in [0.25, 0.3) is 0 Å². The molecule has 0 amide bonds. The maximum atomic E-state index is 12.8. The second-order valence-corrected chi connectivity index (χ2v) is 9.47. The third-order valence-corrected chi connectivity index (χ3v) is 5.08. The van der Waals surface area contributed by atoms with Crippen LogP contribution in [-0.4, -0.2) is 60.2 Å². The Morgan fingerprint density at radius 1 is 0.792 bits per heavy atom. The number of aliphatic hydroxyl groups is 1. The van der Waals surface area contributed by atoms with Crippen LogP contribution in [0.4, 0.5) is 18.9 Å². The summed E-state index contributed by atoms with van der Waals surface area (Å²) in [4.78, 5) is 39.2. The Hall–Kier alpha value is -3.69. The van der Waals surface area contributed by atoms with Crippen molar-refractivity contribution in [2.75, 3.05) is 37.0 Å². The van der Waals surface area contributed by atoms with Crippen LogP contribution in [0.2, 0.25) is 0 Å². The topological polar surface area (TPSA) is 210 Å². The monoisotopic (exact) mass is 809 g/mol. The molecule has 19 heteroatoms. The molecule has 13 nitrogen and oxygen atoms in total. The van der Waals surface area contributed by atoms with Gasteiger partial charge in [0.2, 0.25) is 6.08 Å². The number of esters is 2. The van der Waals surface area contributed by atoms with Crippen molar-refractivity contribution in [1.82, 2.24) is 0 Å². The van der Waals surface area contributed by atoms with Crippen molar-refractivity contribution in [2.24, 2.45) is 10.1 Å². The molecule has 0 saturated heterocycles. The smallest absolute Gasteiger partial charge is 0.465 e. The van der Waals surface area contributed by atoms with Crippen LogP contribution in [0, 0.1) is 17.5 Å². The molecule has 0 saturated carbocycles. The van der Waals surface area contributed by atoms with Crippen molar-refractivity contribution in [3.63, 3.8) is 0 Å².